The van der Waals surface area contributed by atoms with Crippen LogP contribution in [0.3, 0.4) is 0 Å². The zero-order chi connectivity index (χ0) is 14.4. The van der Waals surface area contributed by atoms with E-state index in [4.69, 9.17) is 10.4 Å². The van der Waals surface area contributed by atoms with Crippen LogP contribution < -0.4 is 5.32 Å². The third-order valence-electron chi connectivity index (χ3n) is 2.70. The number of nitrogens with zero attached hydrogens (tertiary/aromatic N) is 3. The molecule has 0 spiro atoms. The second-order valence-electron chi connectivity index (χ2n) is 4.02. The molecule has 0 radical (unpaired) electrons. The van der Waals surface area contributed by atoms with Gasteiger partial charge in [0.25, 0.3) is 0 Å². The maximum Gasteiger partial charge on any atom is 0.335 e. The summed E-state index contributed by atoms with van der Waals surface area (Å²) in [5.41, 5.74) is 1.32. The number of benzene rings is 1. The molecule has 0 aliphatic rings. The van der Waals surface area contributed by atoms with Crippen molar-refractivity contribution >= 4 is 11.9 Å². The zero-order valence-corrected chi connectivity index (χ0v) is 10.6. The third-order valence-corrected chi connectivity index (χ3v) is 2.70. The quantitative estimate of drug-likeness (QED) is 0.856. The summed E-state index contributed by atoms with van der Waals surface area (Å²) in [5, 5.41) is 20.8. The molecule has 0 bridgehead atoms. The molecule has 2 N–H and O–H groups in total. The van der Waals surface area contributed by atoms with Crippen LogP contribution >= 0.6 is 0 Å². The minimum atomic E-state index is -0.941. The Morgan fingerprint density at radius 1 is 1.35 bits per heavy atom. The summed E-state index contributed by atoms with van der Waals surface area (Å²) in [6.07, 6.45) is 2.03. The van der Waals surface area contributed by atoms with E-state index in [2.05, 4.69) is 15.3 Å². The van der Waals surface area contributed by atoms with Gasteiger partial charge in [0.2, 0.25) is 5.95 Å². The van der Waals surface area contributed by atoms with E-state index in [1.807, 2.05) is 6.07 Å². The van der Waals surface area contributed by atoms with E-state index in [1.54, 1.807) is 24.3 Å². The highest BCUT2D eigenvalue weighted by Crippen LogP contribution is 2.10. The van der Waals surface area contributed by atoms with Crippen molar-refractivity contribution in [2.75, 3.05) is 11.9 Å². The standard InChI is InChI=1S/C14H12N4O2/c15-9-11-6-8-17-14(18-11)16-7-5-10-3-1-2-4-12(10)13(19)20/h1-4,6,8H,5,7H2,(H,19,20)(H,16,17,18). The molecular formula is C14H12N4O2. The summed E-state index contributed by atoms with van der Waals surface area (Å²) in [6.45, 7) is 0.485. The number of hydrogen-bond acceptors (Lipinski definition) is 5. The first-order valence-electron chi connectivity index (χ1n) is 5.99. The summed E-state index contributed by atoms with van der Waals surface area (Å²) < 4.78 is 0. The fourth-order valence-corrected chi connectivity index (χ4v) is 1.76. The monoisotopic (exact) mass is 268 g/mol. The Balaban J connectivity index is 2.00. The average Bonchev–Trinajstić information content (AvgIpc) is 2.48. The van der Waals surface area contributed by atoms with Crippen molar-refractivity contribution in [1.82, 2.24) is 9.97 Å². The number of carbonyl (C=O) groups is 1. The van der Waals surface area contributed by atoms with Crippen LogP contribution in [0.25, 0.3) is 0 Å². The third kappa shape index (κ3) is 3.29. The molecule has 0 aliphatic heterocycles. The Morgan fingerprint density at radius 2 is 2.15 bits per heavy atom. The molecule has 100 valence electrons. The van der Waals surface area contributed by atoms with Crippen molar-refractivity contribution in [2.45, 2.75) is 6.42 Å². The van der Waals surface area contributed by atoms with Gasteiger partial charge in [-0.15, -0.1) is 0 Å². The van der Waals surface area contributed by atoms with Crippen LogP contribution in [0.1, 0.15) is 21.6 Å². The largest absolute Gasteiger partial charge is 0.478 e. The normalized spacial score (nSPS) is 9.75. The van der Waals surface area contributed by atoms with Crippen LogP contribution in [0.4, 0.5) is 5.95 Å². The van der Waals surface area contributed by atoms with Crippen LogP contribution in [0.15, 0.2) is 36.5 Å². The Bertz CT molecular complexity index is 664. The molecule has 0 fully saturated rings. The Labute approximate surface area is 115 Å². The van der Waals surface area contributed by atoms with Gasteiger partial charge in [0.05, 0.1) is 5.56 Å². The highest BCUT2D eigenvalue weighted by Gasteiger charge is 2.08. The molecule has 2 rings (SSSR count). The molecule has 0 unspecified atom stereocenters. The predicted molar refractivity (Wildman–Crippen MR) is 72.3 cm³/mol. The van der Waals surface area contributed by atoms with E-state index < -0.39 is 5.97 Å². The minimum absolute atomic E-state index is 0.286. The van der Waals surface area contributed by atoms with Gasteiger partial charge in [-0.3, -0.25) is 0 Å². The van der Waals surface area contributed by atoms with Crippen LogP contribution in [-0.2, 0) is 6.42 Å². The lowest BCUT2D eigenvalue weighted by Crippen LogP contribution is -2.11. The molecule has 1 heterocycles. The fourth-order valence-electron chi connectivity index (χ4n) is 1.76. The lowest BCUT2D eigenvalue weighted by Gasteiger charge is -2.07. The minimum Gasteiger partial charge on any atom is -0.478 e. The van der Waals surface area contributed by atoms with Crippen molar-refractivity contribution in [3.05, 3.63) is 53.3 Å². The number of aromatic nitrogens is 2. The number of carboxylic acid groups (broad SMARTS) is 1. The molecule has 2 aromatic rings. The van der Waals surface area contributed by atoms with E-state index in [9.17, 15) is 4.79 Å². The van der Waals surface area contributed by atoms with Gasteiger partial charge in [-0.25, -0.2) is 14.8 Å². The predicted octanol–water partition coefficient (Wildman–Crippen LogP) is 1.70. The SMILES string of the molecule is N#Cc1ccnc(NCCc2ccccc2C(=O)O)n1. The van der Waals surface area contributed by atoms with Gasteiger partial charge < -0.3 is 10.4 Å². The van der Waals surface area contributed by atoms with Gasteiger partial charge in [-0.05, 0) is 24.1 Å². The van der Waals surface area contributed by atoms with Crippen molar-refractivity contribution < 1.29 is 9.90 Å². The zero-order valence-electron chi connectivity index (χ0n) is 10.6. The number of aromatic carboxylic acids is 1. The van der Waals surface area contributed by atoms with Gasteiger partial charge in [-0.2, -0.15) is 5.26 Å². The van der Waals surface area contributed by atoms with Crippen LogP contribution in [0, 0.1) is 11.3 Å². The highest BCUT2D eigenvalue weighted by molar-refractivity contribution is 5.89. The van der Waals surface area contributed by atoms with E-state index in [0.29, 0.717) is 24.5 Å². The summed E-state index contributed by atoms with van der Waals surface area (Å²) >= 11 is 0. The van der Waals surface area contributed by atoms with Crippen molar-refractivity contribution in [3.8, 4) is 6.07 Å². The van der Waals surface area contributed by atoms with E-state index in [-0.39, 0.29) is 5.69 Å². The second kappa shape index (κ2) is 6.29. The molecule has 0 atom stereocenters. The van der Waals surface area contributed by atoms with E-state index in [1.165, 1.54) is 12.3 Å². The smallest absolute Gasteiger partial charge is 0.335 e. The second-order valence-corrected chi connectivity index (χ2v) is 4.02. The number of nitrogens with one attached hydrogen (secondary N) is 1. The number of nitriles is 1. The molecule has 6 heteroatoms. The number of anilines is 1. The molecule has 1 aromatic carbocycles. The Hall–Kier alpha value is -2.94. The molecule has 0 aliphatic carbocycles. The maximum atomic E-state index is 11.1. The van der Waals surface area contributed by atoms with E-state index in [0.717, 1.165) is 5.56 Å². The number of hydrogen-bond donors (Lipinski definition) is 2. The lowest BCUT2D eigenvalue weighted by molar-refractivity contribution is 0.0695. The maximum absolute atomic E-state index is 11.1. The number of carboxylic acids is 1. The van der Waals surface area contributed by atoms with Crippen LogP contribution in [-0.4, -0.2) is 27.6 Å². The van der Waals surface area contributed by atoms with Crippen molar-refractivity contribution in [2.24, 2.45) is 0 Å². The molecule has 0 saturated heterocycles. The highest BCUT2D eigenvalue weighted by atomic mass is 16.4. The van der Waals surface area contributed by atoms with Crippen LogP contribution in [0.5, 0.6) is 0 Å². The van der Waals surface area contributed by atoms with Gasteiger partial charge in [0.1, 0.15) is 11.8 Å². The fraction of sp³-hybridized carbons (Fsp3) is 0.143. The molecular weight excluding hydrogens is 256 g/mol. The lowest BCUT2D eigenvalue weighted by atomic mass is 10.0. The van der Waals surface area contributed by atoms with Gasteiger partial charge >= 0.3 is 5.97 Å². The summed E-state index contributed by atoms with van der Waals surface area (Å²) in [4.78, 5) is 19.0. The Morgan fingerprint density at radius 3 is 2.90 bits per heavy atom. The van der Waals surface area contributed by atoms with Crippen molar-refractivity contribution in [1.29, 1.82) is 5.26 Å². The first kappa shape index (κ1) is 13.5. The van der Waals surface area contributed by atoms with Gasteiger partial charge in [0.15, 0.2) is 0 Å². The Kier molecular flexibility index (Phi) is 4.24. The molecule has 6 nitrogen and oxygen atoms in total. The summed E-state index contributed by atoms with van der Waals surface area (Å²) in [6, 6.07) is 10.3. The summed E-state index contributed by atoms with van der Waals surface area (Å²) in [7, 11) is 0. The number of rotatable bonds is 5. The van der Waals surface area contributed by atoms with Crippen LogP contribution in [0.2, 0.25) is 0 Å². The van der Waals surface area contributed by atoms with Gasteiger partial charge in [0, 0.05) is 12.7 Å². The molecule has 1 aromatic heterocycles. The summed E-state index contributed by atoms with van der Waals surface area (Å²) in [5.74, 6) is -0.583. The molecule has 0 saturated carbocycles. The first-order chi connectivity index (χ1) is 9.70. The van der Waals surface area contributed by atoms with Gasteiger partial charge in [-0.1, -0.05) is 18.2 Å². The first-order valence-corrected chi connectivity index (χ1v) is 5.99. The average molecular weight is 268 g/mol. The molecule has 0 amide bonds. The molecule has 20 heavy (non-hydrogen) atoms. The van der Waals surface area contributed by atoms with Crippen molar-refractivity contribution in [3.63, 3.8) is 0 Å². The van der Waals surface area contributed by atoms with E-state index >= 15 is 0 Å². The topological polar surface area (TPSA) is 98.9 Å².